The van der Waals surface area contributed by atoms with Crippen LogP contribution in [0.1, 0.15) is 61.3 Å². The number of rotatable bonds is 7. The normalized spacial score (nSPS) is 12.9. The van der Waals surface area contributed by atoms with Gasteiger partial charge in [0.1, 0.15) is 5.60 Å². The molecule has 6 nitrogen and oxygen atoms in total. The molecule has 0 aromatic carbocycles. The molecule has 0 radical (unpaired) electrons. The van der Waals surface area contributed by atoms with Crippen LogP contribution in [0.4, 0.5) is 4.79 Å². The summed E-state index contributed by atoms with van der Waals surface area (Å²) >= 11 is 0. The molecule has 1 atom stereocenters. The summed E-state index contributed by atoms with van der Waals surface area (Å²) in [7, 11) is 0. The maximum atomic E-state index is 12.1. The van der Waals surface area contributed by atoms with Crippen LogP contribution >= 0.6 is 0 Å². The lowest BCUT2D eigenvalue weighted by molar-refractivity contribution is -0.160. The third kappa shape index (κ3) is 11.6. The van der Waals surface area contributed by atoms with Gasteiger partial charge in [-0.3, -0.25) is 9.59 Å². The molecule has 0 fully saturated rings. The van der Waals surface area contributed by atoms with Gasteiger partial charge in [0.15, 0.2) is 0 Å². The van der Waals surface area contributed by atoms with E-state index in [0.717, 1.165) is 0 Å². The summed E-state index contributed by atoms with van der Waals surface area (Å²) in [5.74, 6) is -1.65. The molecule has 0 aliphatic carbocycles. The van der Waals surface area contributed by atoms with Crippen LogP contribution in [0.5, 0.6) is 0 Å². The largest absolute Gasteiger partial charge is 0.516 e. The van der Waals surface area contributed by atoms with Crippen LogP contribution in [0, 0.1) is 17.8 Å². The van der Waals surface area contributed by atoms with Crippen molar-refractivity contribution >= 4 is 18.1 Å². The average Bonchev–Trinajstić information content (AvgIpc) is 2.32. The van der Waals surface area contributed by atoms with E-state index in [1.54, 1.807) is 20.8 Å². The van der Waals surface area contributed by atoms with Crippen molar-refractivity contribution < 1.29 is 28.6 Å². The van der Waals surface area contributed by atoms with Crippen molar-refractivity contribution in [1.29, 1.82) is 0 Å². The second kappa shape index (κ2) is 9.53. The lowest BCUT2D eigenvalue weighted by atomic mass is 9.94. The van der Waals surface area contributed by atoms with Gasteiger partial charge >= 0.3 is 18.1 Å². The van der Waals surface area contributed by atoms with Crippen molar-refractivity contribution in [2.45, 2.75) is 66.9 Å². The maximum absolute atomic E-state index is 12.1. The van der Waals surface area contributed by atoms with Crippen LogP contribution in [0.25, 0.3) is 0 Å². The van der Waals surface area contributed by atoms with Crippen molar-refractivity contribution in [3.63, 3.8) is 0 Å². The van der Waals surface area contributed by atoms with E-state index in [-0.39, 0.29) is 24.9 Å². The van der Waals surface area contributed by atoms with Crippen LogP contribution in [0.3, 0.4) is 0 Å². The third-order valence-electron chi connectivity index (χ3n) is 2.64. The standard InChI is InChI=1S/C17H30O6/c1-11(2)8-13(9-14(18)23-17(5,6)7)15(19)22-16(20)21-10-12(3)4/h11-13H,8-10H2,1-7H3/t13-/m1/s1. The Morgan fingerprint density at radius 3 is 1.96 bits per heavy atom. The van der Waals surface area contributed by atoms with Gasteiger partial charge in [-0.1, -0.05) is 27.7 Å². The summed E-state index contributed by atoms with van der Waals surface area (Å²) in [5.41, 5.74) is -0.625. The Labute approximate surface area is 138 Å². The molecule has 0 aromatic heterocycles. The van der Waals surface area contributed by atoms with Crippen LogP contribution < -0.4 is 0 Å². The van der Waals surface area contributed by atoms with Crippen molar-refractivity contribution in [2.75, 3.05) is 6.61 Å². The highest BCUT2D eigenvalue weighted by molar-refractivity contribution is 5.86. The van der Waals surface area contributed by atoms with E-state index in [1.165, 1.54) is 0 Å². The molecule has 134 valence electrons. The SMILES string of the molecule is CC(C)COC(=O)OC(=O)[C@@H](CC(=O)OC(C)(C)C)CC(C)C. The minimum Gasteiger partial charge on any atom is -0.460 e. The number of carbonyl (C=O) groups excluding carboxylic acids is 3. The summed E-state index contributed by atoms with van der Waals surface area (Å²) in [6.45, 7) is 13.0. The van der Waals surface area contributed by atoms with Crippen LogP contribution in [0.2, 0.25) is 0 Å². The van der Waals surface area contributed by atoms with Gasteiger partial charge in [0.05, 0.1) is 18.9 Å². The lowest BCUT2D eigenvalue weighted by Gasteiger charge is -2.22. The molecule has 0 saturated carbocycles. The van der Waals surface area contributed by atoms with Gasteiger partial charge in [-0.2, -0.15) is 0 Å². The van der Waals surface area contributed by atoms with Crippen LogP contribution in [-0.4, -0.2) is 30.3 Å². The van der Waals surface area contributed by atoms with Gasteiger partial charge in [0.25, 0.3) is 0 Å². The van der Waals surface area contributed by atoms with E-state index in [0.29, 0.717) is 6.42 Å². The van der Waals surface area contributed by atoms with Gasteiger partial charge in [0, 0.05) is 0 Å². The molecule has 0 spiro atoms. The Bertz CT molecular complexity index is 406. The molecule has 0 N–H and O–H groups in total. The Kier molecular flexibility index (Phi) is 8.87. The fourth-order valence-electron chi connectivity index (χ4n) is 1.85. The van der Waals surface area contributed by atoms with Crippen molar-refractivity contribution in [3.8, 4) is 0 Å². The Morgan fingerprint density at radius 2 is 1.52 bits per heavy atom. The highest BCUT2D eigenvalue weighted by Crippen LogP contribution is 2.20. The summed E-state index contributed by atoms with van der Waals surface area (Å²) in [6.07, 6.45) is -0.719. The summed E-state index contributed by atoms with van der Waals surface area (Å²) in [4.78, 5) is 35.5. The smallest absolute Gasteiger partial charge is 0.460 e. The minimum absolute atomic E-state index is 0.119. The van der Waals surface area contributed by atoms with Crippen molar-refractivity contribution in [3.05, 3.63) is 0 Å². The van der Waals surface area contributed by atoms with Crippen molar-refractivity contribution in [2.24, 2.45) is 17.8 Å². The molecule has 0 rings (SSSR count). The summed E-state index contributed by atoms with van der Waals surface area (Å²) in [5, 5.41) is 0. The zero-order valence-corrected chi connectivity index (χ0v) is 15.3. The zero-order valence-electron chi connectivity index (χ0n) is 15.3. The predicted molar refractivity (Wildman–Crippen MR) is 85.7 cm³/mol. The van der Waals surface area contributed by atoms with E-state index in [9.17, 15) is 14.4 Å². The first kappa shape index (κ1) is 21.4. The molecule has 0 aromatic rings. The van der Waals surface area contributed by atoms with E-state index in [4.69, 9.17) is 9.47 Å². The van der Waals surface area contributed by atoms with Gasteiger partial charge in [-0.05, 0) is 39.0 Å². The van der Waals surface area contributed by atoms with Crippen molar-refractivity contribution in [1.82, 2.24) is 0 Å². The number of hydrogen-bond acceptors (Lipinski definition) is 6. The molecule has 6 heteroatoms. The second-order valence-corrected chi connectivity index (χ2v) is 7.49. The minimum atomic E-state index is -1.03. The fourth-order valence-corrected chi connectivity index (χ4v) is 1.85. The molecular weight excluding hydrogens is 300 g/mol. The average molecular weight is 330 g/mol. The third-order valence-corrected chi connectivity index (χ3v) is 2.64. The Morgan fingerprint density at radius 1 is 0.957 bits per heavy atom. The summed E-state index contributed by atoms with van der Waals surface area (Å²) in [6, 6.07) is 0. The van der Waals surface area contributed by atoms with Gasteiger partial charge in [-0.15, -0.1) is 0 Å². The van der Waals surface area contributed by atoms with E-state index in [1.807, 2.05) is 27.7 Å². The van der Waals surface area contributed by atoms with Crippen LogP contribution in [0.15, 0.2) is 0 Å². The van der Waals surface area contributed by atoms with E-state index < -0.39 is 29.6 Å². The number of esters is 2. The molecular formula is C17H30O6. The fraction of sp³-hybridized carbons (Fsp3) is 0.824. The van der Waals surface area contributed by atoms with Gasteiger partial charge in [0.2, 0.25) is 0 Å². The van der Waals surface area contributed by atoms with Crippen LogP contribution in [-0.2, 0) is 23.8 Å². The molecule has 23 heavy (non-hydrogen) atoms. The number of carbonyl (C=O) groups is 3. The first-order valence-corrected chi connectivity index (χ1v) is 8.01. The first-order valence-electron chi connectivity index (χ1n) is 8.01. The van der Waals surface area contributed by atoms with E-state index >= 15 is 0 Å². The van der Waals surface area contributed by atoms with E-state index in [2.05, 4.69) is 4.74 Å². The molecule has 0 aliphatic heterocycles. The number of ether oxygens (including phenoxy) is 3. The topological polar surface area (TPSA) is 78.9 Å². The Hall–Kier alpha value is -1.59. The lowest BCUT2D eigenvalue weighted by Crippen LogP contribution is -2.30. The maximum Gasteiger partial charge on any atom is 0.516 e. The summed E-state index contributed by atoms with van der Waals surface area (Å²) < 4.78 is 14.7. The molecule has 0 aliphatic rings. The van der Waals surface area contributed by atoms with Gasteiger partial charge < -0.3 is 14.2 Å². The molecule has 0 bridgehead atoms. The molecule has 0 unspecified atom stereocenters. The quantitative estimate of drug-likeness (QED) is 0.523. The Balaban J connectivity index is 4.66. The predicted octanol–water partition coefficient (Wildman–Crippen LogP) is 3.72. The monoisotopic (exact) mass is 330 g/mol. The molecule has 0 heterocycles. The van der Waals surface area contributed by atoms with Gasteiger partial charge in [-0.25, -0.2) is 4.79 Å². The highest BCUT2D eigenvalue weighted by atomic mass is 16.7. The zero-order chi connectivity index (χ0) is 18.2. The highest BCUT2D eigenvalue weighted by Gasteiger charge is 2.29. The molecule has 0 amide bonds. The number of hydrogen-bond donors (Lipinski definition) is 0. The molecule has 0 saturated heterocycles. The first-order chi connectivity index (χ1) is 10.4. The second-order valence-electron chi connectivity index (χ2n) is 7.49.